The van der Waals surface area contributed by atoms with Crippen LogP contribution in [0.25, 0.3) is 0 Å². The number of rotatable bonds is 5. The number of benzene rings is 3. The van der Waals surface area contributed by atoms with Crippen molar-refractivity contribution >= 4 is 25.8 Å². The van der Waals surface area contributed by atoms with Gasteiger partial charge in [-0.15, -0.1) is 0 Å². The summed E-state index contributed by atoms with van der Waals surface area (Å²) >= 11 is -4.71. The molecule has 4 nitrogen and oxygen atoms in total. The van der Waals surface area contributed by atoms with Crippen LogP contribution in [0.5, 0.6) is 0 Å². The van der Waals surface area contributed by atoms with E-state index in [0.717, 1.165) is 0 Å². The molecule has 0 atom stereocenters. The average Bonchev–Trinajstić information content (AvgIpc) is 2.63. The molecule has 0 amide bonds. The molecule has 0 saturated carbocycles. The van der Waals surface area contributed by atoms with E-state index in [1.54, 1.807) is 5.71 Å². The second-order valence-electron chi connectivity index (χ2n) is 5.92. The molecule has 130 valence electrons. The Balaban J connectivity index is 2.45. The molecule has 0 aliphatic heterocycles. The molecule has 0 heterocycles. The SMILES string of the molecule is C[As](O[Cl+3]([O-])([O-])[O-])(c1ccccc1)(c1ccccc1)c1ccccc1. The third-order valence-corrected chi connectivity index (χ3v) is 17.8. The Morgan fingerprint density at radius 2 is 0.880 bits per heavy atom. The Kier molecular flexibility index (Phi) is 4.78. The van der Waals surface area contributed by atoms with Gasteiger partial charge in [-0.3, -0.25) is 0 Å². The van der Waals surface area contributed by atoms with Crippen molar-refractivity contribution in [3.8, 4) is 0 Å². The zero-order chi connectivity index (χ0) is 18.0. The van der Waals surface area contributed by atoms with Crippen molar-refractivity contribution in [1.29, 1.82) is 0 Å². The van der Waals surface area contributed by atoms with Gasteiger partial charge in [-0.25, -0.2) is 0 Å². The van der Waals surface area contributed by atoms with E-state index in [2.05, 4.69) is 0 Å². The maximum absolute atomic E-state index is 11.8. The summed E-state index contributed by atoms with van der Waals surface area (Å²) in [4.78, 5) is 0. The van der Waals surface area contributed by atoms with Crippen LogP contribution >= 0.6 is 0 Å². The van der Waals surface area contributed by atoms with Gasteiger partial charge in [-0.2, -0.15) is 0 Å². The molecule has 25 heavy (non-hydrogen) atoms. The molecule has 0 bridgehead atoms. The average molecular weight is 421 g/mol. The number of halogens is 1. The van der Waals surface area contributed by atoms with Crippen LogP contribution in [0.15, 0.2) is 91.0 Å². The van der Waals surface area contributed by atoms with Gasteiger partial charge in [-0.05, 0) is 0 Å². The first kappa shape index (κ1) is 18.1. The first-order chi connectivity index (χ1) is 11.8. The van der Waals surface area contributed by atoms with Crippen molar-refractivity contribution < 1.29 is 27.5 Å². The molecule has 0 aliphatic rings. The zero-order valence-corrected chi connectivity index (χ0v) is 16.3. The topological polar surface area (TPSA) is 78.4 Å². The van der Waals surface area contributed by atoms with Gasteiger partial charge in [0.1, 0.15) is 0 Å². The van der Waals surface area contributed by atoms with Crippen LogP contribution in [0.3, 0.4) is 0 Å². The fourth-order valence-corrected chi connectivity index (χ4v) is 15.4. The van der Waals surface area contributed by atoms with E-state index >= 15 is 0 Å². The summed E-state index contributed by atoms with van der Waals surface area (Å²) in [7, 11) is -4.64. The fraction of sp³-hybridized carbons (Fsp3) is 0.0526. The molecule has 0 radical (unpaired) electrons. The van der Waals surface area contributed by atoms with Gasteiger partial charge in [0.25, 0.3) is 0 Å². The molecule has 0 aromatic heterocycles. The van der Waals surface area contributed by atoms with Crippen molar-refractivity contribution in [1.82, 2.24) is 0 Å². The van der Waals surface area contributed by atoms with Crippen LogP contribution < -0.4 is 27.0 Å². The van der Waals surface area contributed by atoms with Crippen LogP contribution in [-0.4, -0.2) is 12.8 Å². The molecule has 0 aliphatic carbocycles. The molecular weight excluding hydrogens is 403 g/mol. The first-order valence-corrected chi connectivity index (χ1v) is 14.3. The van der Waals surface area contributed by atoms with Gasteiger partial charge < -0.3 is 0 Å². The number of hydrogen-bond acceptors (Lipinski definition) is 4. The second kappa shape index (κ2) is 6.58. The third-order valence-electron chi connectivity index (χ3n) is 4.39. The van der Waals surface area contributed by atoms with Gasteiger partial charge in [0, 0.05) is 0 Å². The summed E-state index contributed by atoms with van der Waals surface area (Å²) in [5, 5.41) is 0. The Morgan fingerprint density at radius 1 is 0.600 bits per heavy atom. The summed E-state index contributed by atoms with van der Waals surface area (Å²) in [6, 6.07) is 27.4. The zero-order valence-electron chi connectivity index (χ0n) is 13.6. The molecular formula is C19H18AsClO4. The molecule has 0 fully saturated rings. The van der Waals surface area contributed by atoms with Gasteiger partial charge in [0.2, 0.25) is 0 Å². The van der Waals surface area contributed by atoms with E-state index in [-0.39, 0.29) is 0 Å². The van der Waals surface area contributed by atoms with Crippen molar-refractivity contribution in [3.63, 3.8) is 0 Å². The van der Waals surface area contributed by atoms with Crippen LogP contribution in [0.1, 0.15) is 0 Å². The Hall–Kier alpha value is -1.65. The van der Waals surface area contributed by atoms with Crippen LogP contribution in [0.4, 0.5) is 0 Å². The van der Waals surface area contributed by atoms with Crippen molar-refractivity contribution in [2.45, 2.75) is 5.71 Å². The minimum atomic E-state index is -4.71. The van der Waals surface area contributed by atoms with E-state index in [1.807, 2.05) is 91.0 Å². The third kappa shape index (κ3) is 3.25. The van der Waals surface area contributed by atoms with E-state index < -0.39 is 23.0 Å². The van der Waals surface area contributed by atoms with Gasteiger partial charge in [0.05, 0.1) is 0 Å². The predicted molar refractivity (Wildman–Crippen MR) is 90.9 cm³/mol. The Morgan fingerprint density at radius 3 is 1.12 bits per heavy atom. The van der Waals surface area contributed by atoms with E-state index in [9.17, 15) is 14.0 Å². The molecule has 6 heteroatoms. The molecule has 3 aromatic rings. The van der Waals surface area contributed by atoms with Crippen LogP contribution in [0.2, 0.25) is 5.71 Å². The van der Waals surface area contributed by atoms with Crippen LogP contribution in [-0.2, 0) is 3.28 Å². The summed E-state index contributed by atoms with van der Waals surface area (Å²) in [5.41, 5.74) is 1.79. The molecule has 0 spiro atoms. The summed E-state index contributed by atoms with van der Waals surface area (Å²) in [5.74, 6) is 0. The van der Waals surface area contributed by atoms with Crippen molar-refractivity contribution in [2.24, 2.45) is 0 Å². The molecule has 3 aromatic carbocycles. The summed E-state index contributed by atoms with van der Waals surface area (Å²) < 4.78 is 43.1. The van der Waals surface area contributed by atoms with Crippen molar-refractivity contribution in [3.05, 3.63) is 91.0 Å². The van der Waals surface area contributed by atoms with E-state index in [1.165, 1.54) is 0 Å². The summed E-state index contributed by atoms with van der Waals surface area (Å²) in [6.07, 6.45) is 0. The Bertz CT molecular complexity index is 736. The monoisotopic (exact) mass is 420 g/mol. The van der Waals surface area contributed by atoms with Crippen molar-refractivity contribution in [2.75, 3.05) is 0 Å². The maximum atomic E-state index is 11.8. The molecule has 0 unspecified atom stereocenters. The van der Waals surface area contributed by atoms with E-state index in [0.29, 0.717) is 13.1 Å². The normalized spacial score (nSPS) is 13.8. The molecule has 3 rings (SSSR count). The fourth-order valence-electron chi connectivity index (χ4n) is 3.14. The first-order valence-electron chi connectivity index (χ1n) is 7.65. The summed E-state index contributed by atoms with van der Waals surface area (Å²) in [6.45, 7) is 0. The molecule has 0 saturated heterocycles. The van der Waals surface area contributed by atoms with Crippen LogP contribution in [0, 0.1) is 10.2 Å². The predicted octanol–water partition coefficient (Wildman–Crippen LogP) is -0.849. The van der Waals surface area contributed by atoms with Gasteiger partial charge in [0.15, 0.2) is 0 Å². The second-order valence-corrected chi connectivity index (χ2v) is 17.1. The Labute approximate surface area is 150 Å². The molecule has 0 N–H and O–H groups in total. The minimum absolute atomic E-state index is 0.713. The number of hydrogen-bond donors (Lipinski definition) is 0. The quantitative estimate of drug-likeness (QED) is 0.504. The van der Waals surface area contributed by atoms with E-state index in [4.69, 9.17) is 3.28 Å². The van der Waals surface area contributed by atoms with Gasteiger partial charge in [-0.1, -0.05) is 0 Å². The van der Waals surface area contributed by atoms with Gasteiger partial charge >= 0.3 is 150 Å². The standard InChI is InChI=1S/C19H18AsClO4/c1-20(25-21(22,23)24,17-11-5-2-6-12-17,18-13-7-3-8-14-18)19-15-9-4-10-16-19/h2-16H,1H3.